The van der Waals surface area contributed by atoms with Gasteiger partial charge in [0.2, 0.25) is 0 Å². The van der Waals surface area contributed by atoms with Gasteiger partial charge in [-0.3, -0.25) is 0 Å². The first-order valence-corrected chi connectivity index (χ1v) is 10.0. The van der Waals surface area contributed by atoms with E-state index in [4.69, 9.17) is 9.47 Å². The van der Waals surface area contributed by atoms with Crippen LogP contribution in [0.25, 0.3) is 22.3 Å². The monoisotopic (exact) mass is 398 g/mol. The van der Waals surface area contributed by atoms with Crippen LogP contribution < -0.4 is 4.74 Å². The second-order valence-corrected chi connectivity index (χ2v) is 6.87. The summed E-state index contributed by atoms with van der Waals surface area (Å²) in [6.07, 6.45) is 4.59. The number of hydrogen-bond acceptors (Lipinski definition) is 3. The first-order valence-electron chi connectivity index (χ1n) is 10.0. The SMILES string of the molecule is C=CCOc1ccc(-c2ccc(-c3ccc(CCCOC(=O)C=C)cc3)cc2)cc1. The third-order valence-corrected chi connectivity index (χ3v) is 4.75. The van der Waals surface area contributed by atoms with Crippen molar-refractivity contribution >= 4 is 5.97 Å². The van der Waals surface area contributed by atoms with E-state index in [1.165, 1.54) is 28.3 Å². The molecule has 3 aromatic rings. The van der Waals surface area contributed by atoms with Gasteiger partial charge in [-0.05, 0) is 52.8 Å². The van der Waals surface area contributed by atoms with Crippen LogP contribution in [0, 0.1) is 0 Å². The molecule has 3 rings (SSSR count). The number of rotatable bonds is 10. The molecule has 0 aromatic heterocycles. The minimum Gasteiger partial charge on any atom is -0.490 e. The Bertz CT molecular complexity index is 968. The fraction of sp³-hybridized carbons (Fsp3) is 0.148. The molecule has 152 valence electrons. The molecule has 0 N–H and O–H groups in total. The van der Waals surface area contributed by atoms with Gasteiger partial charge in [0, 0.05) is 6.08 Å². The molecule has 0 unspecified atom stereocenters. The molecule has 3 heteroatoms. The predicted octanol–water partition coefficient (Wildman–Crippen LogP) is 6.25. The van der Waals surface area contributed by atoms with Gasteiger partial charge in [-0.25, -0.2) is 4.79 Å². The normalized spacial score (nSPS) is 10.3. The maximum absolute atomic E-state index is 11.0. The number of carbonyl (C=O) groups is 1. The van der Waals surface area contributed by atoms with Gasteiger partial charge in [-0.1, -0.05) is 79.9 Å². The Morgan fingerprint density at radius 2 is 1.27 bits per heavy atom. The van der Waals surface area contributed by atoms with Crippen LogP contribution in [-0.4, -0.2) is 19.2 Å². The van der Waals surface area contributed by atoms with Crippen molar-refractivity contribution < 1.29 is 14.3 Å². The summed E-state index contributed by atoms with van der Waals surface area (Å²) in [4.78, 5) is 11.0. The zero-order valence-electron chi connectivity index (χ0n) is 17.1. The Hall–Kier alpha value is -3.59. The molecule has 30 heavy (non-hydrogen) atoms. The predicted molar refractivity (Wildman–Crippen MR) is 122 cm³/mol. The molecule has 0 radical (unpaired) electrons. The summed E-state index contributed by atoms with van der Waals surface area (Å²) in [5.41, 5.74) is 5.90. The van der Waals surface area contributed by atoms with E-state index in [1.54, 1.807) is 6.08 Å². The largest absolute Gasteiger partial charge is 0.490 e. The van der Waals surface area contributed by atoms with E-state index >= 15 is 0 Å². The fourth-order valence-corrected chi connectivity index (χ4v) is 3.13. The quantitative estimate of drug-likeness (QED) is 0.175. The maximum Gasteiger partial charge on any atom is 0.330 e. The molecule has 0 aliphatic carbocycles. The van der Waals surface area contributed by atoms with Gasteiger partial charge in [-0.2, -0.15) is 0 Å². The first-order chi connectivity index (χ1) is 14.7. The number of ether oxygens (including phenoxy) is 2. The second kappa shape index (κ2) is 10.8. The Morgan fingerprint density at radius 1 is 0.767 bits per heavy atom. The van der Waals surface area contributed by atoms with E-state index in [9.17, 15) is 4.79 Å². The van der Waals surface area contributed by atoms with Crippen molar-refractivity contribution in [3.63, 3.8) is 0 Å². The van der Waals surface area contributed by atoms with Crippen molar-refractivity contribution in [2.24, 2.45) is 0 Å². The van der Waals surface area contributed by atoms with Crippen LogP contribution in [0.2, 0.25) is 0 Å². The molecule has 0 saturated carbocycles. The van der Waals surface area contributed by atoms with E-state index in [0.717, 1.165) is 24.2 Å². The highest BCUT2D eigenvalue weighted by Gasteiger charge is 2.03. The Balaban J connectivity index is 1.58. The van der Waals surface area contributed by atoms with Crippen LogP contribution in [0.1, 0.15) is 12.0 Å². The third-order valence-electron chi connectivity index (χ3n) is 4.75. The summed E-state index contributed by atoms with van der Waals surface area (Å²) in [6.45, 7) is 7.97. The minimum absolute atomic E-state index is 0.370. The highest BCUT2D eigenvalue weighted by molar-refractivity contribution is 5.81. The van der Waals surface area contributed by atoms with Crippen LogP contribution >= 0.6 is 0 Å². The van der Waals surface area contributed by atoms with Gasteiger partial charge >= 0.3 is 5.97 Å². The van der Waals surface area contributed by atoms with E-state index in [0.29, 0.717) is 13.2 Å². The summed E-state index contributed by atoms with van der Waals surface area (Å²) in [5, 5.41) is 0. The lowest BCUT2D eigenvalue weighted by molar-refractivity contribution is -0.137. The highest BCUT2D eigenvalue weighted by Crippen LogP contribution is 2.26. The number of esters is 1. The number of hydrogen-bond donors (Lipinski definition) is 0. The summed E-state index contributed by atoms with van der Waals surface area (Å²) in [7, 11) is 0. The standard InChI is InChI=1S/C27H26O3/c1-3-19-29-26-17-15-25(16-18-26)24-13-11-23(12-14-24)22-9-7-21(8-10-22)6-5-20-30-27(28)4-2/h3-4,7-18H,1-2,5-6,19-20H2. The zero-order chi connectivity index (χ0) is 21.2. The van der Waals surface area contributed by atoms with Crippen LogP contribution in [0.5, 0.6) is 5.75 Å². The molecule has 0 amide bonds. The van der Waals surface area contributed by atoms with E-state index < -0.39 is 0 Å². The molecule has 3 nitrogen and oxygen atoms in total. The van der Waals surface area contributed by atoms with Crippen molar-refractivity contribution in [1.29, 1.82) is 0 Å². The highest BCUT2D eigenvalue weighted by atomic mass is 16.5. The molecule has 0 atom stereocenters. The summed E-state index contributed by atoms with van der Waals surface area (Å²) >= 11 is 0. The molecule has 0 aliphatic rings. The van der Waals surface area contributed by atoms with E-state index in [-0.39, 0.29) is 5.97 Å². The molecule has 0 heterocycles. The number of aryl methyl sites for hydroxylation is 1. The summed E-state index contributed by atoms with van der Waals surface area (Å²) in [5.74, 6) is 0.472. The van der Waals surface area contributed by atoms with Gasteiger partial charge in [0.15, 0.2) is 0 Å². The number of benzene rings is 3. The lowest BCUT2D eigenvalue weighted by Gasteiger charge is -2.08. The molecule has 0 fully saturated rings. The smallest absolute Gasteiger partial charge is 0.330 e. The van der Waals surface area contributed by atoms with Gasteiger partial charge in [-0.15, -0.1) is 0 Å². The average Bonchev–Trinajstić information content (AvgIpc) is 2.81. The van der Waals surface area contributed by atoms with Crippen LogP contribution in [0.15, 0.2) is 98.1 Å². The summed E-state index contributed by atoms with van der Waals surface area (Å²) < 4.78 is 10.5. The van der Waals surface area contributed by atoms with Crippen molar-refractivity contribution in [2.45, 2.75) is 12.8 Å². The van der Waals surface area contributed by atoms with Crippen molar-refractivity contribution in [3.8, 4) is 28.0 Å². The van der Waals surface area contributed by atoms with E-state index in [1.807, 2.05) is 12.1 Å². The third kappa shape index (κ3) is 5.95. The average molecular weight is 399 g/mol. The van der Waals surface area contributed by atoms with Crippen molar-refractivity contribution in [1.82, 2.24) is 0 Å². The topological polar surface area (TPSA) is 35.5 Å². The van der Waals surface area contributed by atoms with Crippen LogP contribution in [0.4, 0.5) is 0 Å². The molecule has 3 aromatic carbocycles. The van der Waals surface area contributed by atoms with Crippen molar-refractivity contribution in [2.75, 3.05) is 13.2 Å². The lowest BCUT2D eigenvalue weighted by Crippen LogP contribution is -2.02. The Morgan fingerprint density at radius 3 is 1.77 bits per heavy atom. The first kappa shape index (κ1) is 21.1. The minimum atomic E-state index is -0.370. The van der Waals surface area contributed by atoms with Crippen molar-refractivity contribution in [3.05, 3.63) is 104 Å². The fourth-order valence-electron chi connectivity index (χ4n) is 3.13. The van der Waals surface area contributed by atoms with Crippen LogP contribution in [-0.2, 0) is 16.0 Å². The van der Waals surface area contributed by atoms with Gasteiger partial charge < -0.3 is 9.47 Å². The molecular weight excluding hydrogens is 372 g/mol. The van der Waals surface area contributed by atoms with Crippen LogP contribution in [0.3, 0.4) is 0 Å². The molecular formula is C27H26O3. The molecule has 0 bridgehead atoms. The van der Waals surface area contributed by atoms with Gasteiger partial charge in [0.1, 0.15) is 12.4 Å². The van der Waals surface area contributed by atoms with Gasteiger partial charge in [0.05, 0.1) is 6.61 Å². The van der Waals surface area contributed by atoms with Gasteiger partial charge in [0.25, 0.3) is 0 Å². The summed E-state index contributed by atoms with van der Waals surface area (Å²) in [6, 6.07) is 25.1. The molecule has 0 saturated heterocycles. The maximum atomic E-state index is 11.0. The second-order valence-electron chi connectivity index (χ2n) is 6.87. The van der Waals surface area contributed by atoms with E-state index in [2.05, 4.69) is 73.8 Å². The Labute approximate surface area is 178 Å². The Kier molecular flexibility index (Phi) is 7.62. The number of carbonyl (C=O) groups excluding carboxylic acids is 1. The lowest BCUT2D eigenvalue weighted by atomic mass is 9.99. The zero-order valence-corrected chi connectivity index (χ0v) is 17.1. The molecule has 0 aliphatic heterocycles. The molecule has 0 spiro atoms.